The third-order valence-electron chi connectivity index (χ3n) is 3.27. The molecule has 0 saturated heterocycles. The summed E-state index contributed by atoms with van der Waals surface area (Å²) in [6.07, 6.45) is 0. The van der Waals surface area contributed by atoms with Gasteiger partial charge < -0.3 is 19.9 Å². The number of phenolic OH excluding ortho intramolecular Hbond substituents is 1. The summed E-state index contributed by atoms with van der Waals surface area (Å²) < 4.78 is 33.3. The van der Waals surface area contributed by atoms with Crippen LogP contribution in [-0.2, 0) is 10.0 Å². The molecule has 0 saturated carbocycles. The van der Waals surface area contributed by atoms with Crippen molar-refractivity contribution < 1.29 is 27.8 Å². The predicted molar refractivity (Wildman–Crippen MR) is 91.6 cm³/mol. The van der Waals surface area contributed by atoms with E-state index in [1.165, 1.54) is 19.2 Å². The lowest BCUT2D eigenvalue weighted by atomic mass is 10.1. The van der Waals surface area contributed by atoms with Crippen LogP contribution in [0.15, 0.2) is 41.3 Å². The van der Waals surface area contributed by atoms with E-state index in [9.17, 15) is 18.3 Å². The Bertz CT molecular complexity index is 895. The van der Waals surface area contributed by atoms with Gasteiger partial charge in [-0.25, -0.2) is 13.6 Å². The van der Waals surface area contributed by atoms with E-state index in [4.69, 9.17) is 14.6 Å². The van der Waals surface area contributed by atoms with Crippen molar-refractivity contribution in [1.82, 2.24) is 0 Å². The molecule has 25 heavy (non-hydrogen) atoms. The van der Waals surface area contributed by atoms with E-state index >= 15 is 0 Å². The number of aromatic hydroxyl groups is 1. The first-order chi connectivity index (χ1) is 11.8. The molecule has 2 aromatic carbocycles. The van der Waals surface area contributed by atoms with Crippen molar-refractivity contribution in [1.29, 1.82) is 0 Å². The molecule has 0 radical (unpaired) electrons. The number of rotatable bonds is 6. The third-order valence-corrected chi connectivity index (χ3v) is 4.18. The van der Waals surface area contributed by atoms with Crippen LogP contribution in [-0.4, -0.2) is 33.1 Å². The Morgan fingerprint density at radius 3 is 2.52 bits per heavy atom. The standard InChI is InChI=1S/C16H18N2O6S/c1-3-24-14-7-4-10(8-15(14)23-2)16(20)18-12-9-11(25(17,21)22)5-6-13(12)19/h4-9,19H,3H2,1-2H3,(H,18,20)(H2,17,21,22). The zero-order valence-corrected chi connectivity index (χ0v) is 14.5. The molecule has 0 unspecified atom stereocenters. The van der Waals surface area contributed by atoms with Crippen molar-refractivity contribution in [2.45, 2.75) is 11.8 Å². The van der Waals surface area contributed by atoms with Gasteiger partial charge in [0, 0.05) is 5.56 Å². The Morgan fingerprint density at radius 2 is 1.92 bits per heavy atom. The summed E-state index contributed by atoms with van der Waals surface area (Å²) in [4.78, 5) is 12.1. The fourth-order valence-corrected chi connectivity index (χ4v) is 2.61. The number of carbonyl (C=O) groups excluding carboxylic acids is 1. The third kappa shape index (κ3) is 4.40. The second kappa shape index (κ2) is 7.41. The van der Waals surface area contributed by atoms with Crippen LogP contribution < -0.4 is 19.9 Å². The van der Waals surface area contributed by atoms with Gasteiger partial charge in [0.05, 0.1) is 24.3 Å². The van der Waals surface area contributed by atoms with Crippen molar-refractivity contribution in [3.63, 3.8) is 0 Å². The largest absolute Gasteiger partial charge is 0.506 e. The number of ether oxygens (including phenoxy) is 2. The second-order valence-electron chi connectivity index (χ2n) is 4.98. The highest BCUT2D eigenvalue weighted by Gasteiger charge is 2.15. The first-order valence-corrected chi connectivity index (χ1v) is 8.79. The molecule has 0 aliphatic heterocycles. The highest BCUT2D eigenvalue weighted by molar-refractivity contribution is 7.89. The van der Waals surface area contributed by atoms with Crippen LogP contribution in [0.4, 0.5) is 5.69 Å². The number of hydrogen-bond donors (Lipinski definition) is 3. The van der Waals surface area contributed by atoms with Crippen LogP contribution in [0.25, 0.3) is 0 Å². The van der Waals surface area contributed by atoms with E-state index in [0.29, 0.717) is 18.1 Å². The fraction of sp³-hybridized carbons (Fsp3) is 0.188. The fourth-order valence-electron chi connectivity index (χ4n) is 2.07. The van der Waals surface area contributed by atoms with E-state index in [2.05, 4.69) is 5.32 Å². The topological polar surface area (TPSA) is 128 Å². The lowest BCUT2D eigenvalue weighted by Gasteiger charge is -2.12. The first-order valence-electron chi connectivity index (χ1n) is 7.24. The second-order valence-corrected chi connectivity index (χ2v) is 6.54. The van der Waals surface area contributed by atoms with Crippen LogP contribution in [0.3, 0.4) is 0 Å². The molecule has 0 fully saturated rings. The van der Waals surface area contributed by atoms with E-state index in [1.807, 2.05) is 6.92 Å². The summed E-state index contributed by atoms with van der Waals surface area (Å²) in [5.74, 6) is -0.000465. The zero-order valence-electron chi connectivity index (χ0n) is 13.6. The molecule has 2 rings (SSSR count). The zero-order chi connectivity index (χ0) is 18.6. The molecule has 0 atom stereocenters. The average Bonchev–Trinajstić information content (AvgIpc) is 2.56. The molecule has 0 aliphatic carbocycles. The number of nitrogens with one attached hydrogen (secondary N) is 1. The lowest BCUT2D eigenvalue weighted by molar-refractivity contribution is 0.102. The molecule has 0 spiro atoms. The SMILES string of the molecule is CCOc1ccc(C(=O)Nc2cc(S(N)(=O)=O)ccc2O)cc1OC. The van der Waals surface area contributed by atoms with Gasteiger partial charge in [0.25, 0.3) is 5.91 Å². The van der Waals surface area contributed by atoms with Crippen LogP contribution in [0.2, 0.25) is 0 Å². The van der Waals surface area contributed by atoms with Crippen LogP contribution in [0, 0.1) is 0 Å². The van der Waals surface area contributed by atoms with Crippen molar-refractivity contribution in [3.05, 3.63) is 42.0 Å². The van der Waals surface area contributed by atoms with Gasteiger partial charge in [0.2, 0.25) is 10.0 Å². The average molecular weight is 366 g/mol. The number of benzene rings is 2. The maximum atomic E-state index is 12.4. The minimum atomic E-state index is -3.96. The molecule has 1 amide bonds. The van der Waals surface area contributed by atoms with Gasteiger partial charge in [0.15, 0.2) is 11.5 Å². The number of amides is 1. The number of anilines is 1. The van der Waals surface area contributed by atoms with Gasteiger partial charge in [-0.05, 0) is 43.3 Å². The summed E-state index contributed by atoms with van der Waals surface area (Å²) in [5, 5.41) is 17.3. The predicted octanol–water partition coefficient (Wildman–Crippen LogP) is 1.70. The minimum Gasteiger partial charge on any atom is -0.506 e. The number of hydrogen-bond acceptors (Lipinski definition) is 6. The molecular weight excluding hydrogens is 348 g/mol. The Balaban J connectivity index is 2.31. The Hall–Kier alpha value is -2.78. The van der Waals surface area contributed by atoms with Crippen LogP contribution >= 0.6 is 0 Å². The van der Waals surface area contributed by atoms with Crippen molar-refractivity contribution in [3.8, 4) is 17.2 Å². The van der Waals surface area contributed by atoms with Crippen LogP contribution in [0.1, 0.15) is 17.3 Å². The van der Waals surface area contributed by atoms with Gasteiger partial charge in [0.1, 0.15) is 5.75 Å². The maximum absolute atomic E-state index is 12.4. The molecule has 0 aromatic heterocycles. The molecule has 8 nitrogen and oxygen atoms in total. The molecule has 0 bridgehead atoms. The number of nitrogens with two attached hydrogens (primary N) is 1. The van der Waals surface area contributed by atoms with Crippen molar-refractivity contribution in [2.75, 3.05) is 19.0 Å². The maximum Gasteiger partial charge on any atom is 0.255 e. The van der Waals surface area contributed by atoms with Gasteiger partial charge in [-0.2, -0.15) is 0 Å². The van der Waals surface area contributed by atoms with Crippen LogP contribution in [0.5, 0.6) is 17.2 Å². The van der Waals surface area contributed by atoms with Gasteiger partial charge in [-0.15, -0.1) is 0 Å². The van der Waals surface area contributed by atoms with Gasteiger partial charge >= 0.3 is 0 Å². The normalized spacial score (nSPS) is 11.0. The summed E-state index contributed by atoms with van der Waals surface area (Å²) in [7, 11) is -2.52. The Labute approximate surface area is 145 Å². The lowest BCUT2D eigenvalue weighted by Crippen LogP contribution is -2.15. The van der Waals surface area contributed by atoms with E-state index in [0.717, 1.165) is 18.2 Å². The van der Waals surface area contributed by atoms with E-state index in [-0.39, 0.29) is 21.9 Å². The van der Waals surface area contributed by atoms with E-state index < -0.39 is 15.9 Å². The molecule has 4 N–H and O–H groups in total. The molecule has 0 heterocycles. The highest BCUT2D eigenvalue weighted by Crippen LogP contribution is 2.30. The molecule has 134 valence electrons. The molecule has 2 aromatic rings. The number of primary sulfonamides is 1. The molecular formula is C16H18N2O6S. The van der Waals surface area contributed by atoms with Crippen molar-refractivity contribution >= 4 is 21.6 Å². The van der Waals surface area contributed by atoms with Gasteiger partial charge in [-0.1, -0.05) is 0 Å². The highest BCUT2D eigenvalue weighted by atomic mass is 32.2. The summed E-state index contributed by atoms with van der Waals surface area (Å²) in [6.45, 7) is 2.26. The smallest absolute Gasteiger partial charge is 0.255 e. The number of phenols is 1. The quantitative estimate of drug-likeness (QED) is 0.668. The van der Waals surface area contributed by atoms with E-state index in [1.54, 1.807) is 6.07 Å². The monoisotopic (exact) mass is 366 g/mol. The minimum absolute atomic E-state index is 0.0793. The Morgan fingerprint density at radius 1 is 1.20 bits per heavy atom. The van der Waals surface area contributed by atoms with Crippen molar-refractivity contribution in [2.24, 2.45) is 5.14 Å². The number of sulfonamides is 1. The summed E-state index contributed by atoms with van der Waals surface area (Å²) in [6, 6.07) is 7.92. The molecule has 9 heteroatoms. The van der Waals surface area contributed by atoms with Gasteiger partial charge in [-0.3, -0.25) is 4.79 Å². The Kier molecular flexibility index (Phi) is 5.50. The summed E-state index contributed by atoms with van der Waals surface area (Å²) >= 11 is 0. The number of carbonyl (C=O) groups is 1. The first kappa shape index (κ1) is 18.6. The summed E-state index contributed by atoms with van der Waals surface area (Å²) in [5.41, 5.74) is 0.157. The molecule has 0 aliphatic rings. The number of methoxy groups -OCH3 is 1.